The highest BCUT2D eigenvalue weighted by atomic mass is 32.1. The van der Waals surface area contributed by atoms with Crippen molar-refractivity contribution in [3.8, 4) is 22.1 Å². The topological polar surface area (TPSA) is 102 Å². The number of ether oxygens (including phenoxy) is 2. The summed E-state index contributed by atoms with van der Waals surface area (Å²) in [7, 11) is 0. The van der Waals surface area contributed by atoms with Crippen LogP contribution in [0.2, 0.25) is 0 Å². The lowest BCUT2D eigenvalue weighted by Crippen LogP contribution is -2.39. The van der Waals surface area contributed by atoms with Crippen LogP contribution in [0.3, 0.4) is 0 Å². The average Bonchev–Trinajstić information content (AvgIpc) is 3.43. The number of amides is 1. The van der Waals surface area contributed by atoms with Gasteiger partial charge in [0.25, 0.3) is 0 Å². The number of benzene rings is 1. The van der Waals surface area contributed by atoms with E-state index >= 15 is 0 Å². The predicted molar refractivity (Wildman–Crippen MR) is 107 cm³/mol. The maximum absolute atomic E-state index is 12.7. The zero-order chi connectivity index (χ0) is 19.6. The monoisotopic (exact) mass is 410 g/mol. The van der Waals surface area contributed by atoms with Gasteiger partial charge in [-0.15, -0.1) is 10.2 Å². The number of hydrogen-bond acceptors (Lipinski definition) is 9. The summed E-state index contributed by atoms with van der Waals surface area (Å²) < 4.78 is 10.7. The van der Waals surface area contributed by atoms with E-state index in [1.165, 1.54) is 11.3 Å². The van der Waals surface area contributed by atoms with Crippen LogP contribution in [-0.4, -0.2) is 46.0 Å². The summed E-state index contributed by atoms with van der Waals surface area (Å²) in [5, 5.41) is 12.4. The van der Waals surface area contributed by atoms with Gasteiger partial charge in [0, 0.05) is 37.0 Å². The molecule has 3 aromatic rings. The largest absolute Gasteiger partial charge is 0.454 e. The van der Waals surface area contributed by atoms with E-state index in [1.807, 2.05) is 18.2 Å². The molecule has 4 heterocycles. The fourth-order valence-electron chi connectivity index (χ4n) is 3.42. The zero-order valence-corrected chi connectivity index (χ0v) is 16.3. The Morgan fingerprint density at radius 2 is 1.90 bits per heavy atom. The molecule has 0 unspecified atom stereocenters. The minimum atomic E-state index is -0.0622. The van der Waals surface area contributed by atoms with Gasteiger partial charge in [0.05, 0.1) is 0 Å². The molecule has 0 saturated carbocycles. The summed E-state index contributed by atoms with van der Waals surface area (Å²) in [6, 6.07) is 7.42. The number of rotatable bonds is 4. The highest BCUT2D eigenvalue weighted by Crippen LogP contribution is 2.37. The van der Waals surface area contributed by atoms with Crippen LogP contribution >= 0.6 is 11.3 Å². The lowest BCUT2D eigenvalue weighted by Gasteiger charge is -2.30. The summed E-state index contributed by atoms with van der Waals surface area (Å²) in [5.41, 5.74) is 0.878. The highest BCUT2D eigenvalue weighted by molar-refractivity contribution is 7.18. The molecule has 1 amide bonds. The van der Waals surface area contributed by atoms with Gasteiger partial charge in [-0.3, -0.25) is 4.79 Å². The van der Waals surface area contributed by atoms with E-state index in [-0.39, 0.29) is 18.6 Å². The summed E-state index contributed by atoms with van der Waals surface area (Å²) in [6.07, 6.45) is 4.96. The van der Waals surface area contributed by atoms with Crippen molar-refractivity contribution in [2.45, 2.75) is 12.8 Å². The van der Waals surface area contributed by atoms with Crippen LogP contribution in [0.4, 0.5) is 11.1 Å². The van der Waals surface area contributed by atoms with Crippen molar-refractivity contribution in [2.24, 2.45) is 5.92 Å². The first-order valence-electron chi connectivity index (χ1n) is 9.32. The standard InChI is InChI=1S/C19H18N6O3S/c26-16(12-4-8-25(9-5-12)18-20-6-1-7-21-18)22-19-24-23-17(29-19)13-2-3-14-15(10-13)28-11-27-14/h1-3,6-7,10,12H,4-5,8-9,11H2,(H,22,24,26). The van der Waals surface area contributed by atoms with Crippen LogP contribution in [0.1, 0.15) is 12.8 Å². The van der Waals surface area contributed by atoms with E-state index < -0.39 is 0 Å². The number of nitrogens with one attached hydrogen (secondary N) is 1. The number of fused-ring (bicyclic) bond motifs is 1. The van der Waals surface area contributed by atoms with Crippen LogP contribution in [0, 0.1) is 5.92 Å². The van der Waals surface area contributed by atoms with E-state index in [2.05, 4.69) is 30.4 Å². The van der Waals surface area contributed by atoms with E-state index in [4.69, 9.17) is 9.47 Å². The molecule has 10 heteroatoms. The number of carbonyl (C=O) groups excluding carboxylic acids is 1. The minimum Gasteiger partial charge on any atom is -0.454 e. The first-order valence-corrected chi connectivity index (χ1v) is 10.1. The molecule has 1 aromatic carbocycles. The summed E-state index contributed by atoms with van der Waals surface area (Å²) in [4.78, 5) is 23.3. The first-order chi connectivity index (χ1) is 14.3. The van der Waals surface area contributed by atoms with Crippen molar-refractivity contribution in [3.63, 3.8) is 0 Å². The number of hydrogen-bond donors (Lipinski definition) is 1. The molecule has 1 saturated heterocycles. The van der Waals surface area contributed by atoms with Gasteiger partial charge >= 0.3 is 0 Å². The molecule has 0 aliphatic carbocycles. The van der Waals surface area contributed by atoms with Gasteiger partial charge in [0.1, 0.15) is 5.01 Å². The number of nitrogens with zero attached hydrogens (tertiary/aromatic N) is 5. The van der Waals surface area contributed by atoms with Gasteiger partial charge in [-0.05, 0) is 37.1 Å². The molecule has 1 fully saturated rings. The summed E-state index contributed by atoms with van der Waals surface area (Å²) in [5.74, 6) is 2.04. The second kappa shape index (κ2) is 7.63. The third-order valence-electron chi connectivity index (χ3n) is 4.98. The van der Waals surface area contributed by atoms with Crippen LogP contribution in [0.5, 0.6) is 11.5 Å². The third-order valence-corrected chi connectivity index (χ3v) is 5.86. The Kier molecular flexibility index (Phi) is 4.68. The van der Waals surface area contributed by atoms with Crippen molar-refractivity contribution >= 4 is 28.3 Å². The molecule has 5 rings (SSSR count). The molecule has 2 aromatic heterocycles. The van der Waals surface area contributed by atoms with E-state index in [0.717, 1.165) is 42.3 Å². The molecule has 2 aliphatic rings. The third kappa shape index (κ3) is 3.70. The molecule has 1 N–H and O–H groups in total. The molecular formula is C19H18N6O3S. The van der Waals surface area contributed by atoms with Gasteiger partial charge in [0.2, 0.25) is 23.8 Å². The Balaban J connectivity index is 1.20. The van der Waals surface area contributed by atoms with E-state index in [0.29, 0.717) is 16.8 Å². The van der Waals surface area contributed by atoms with Gasteiger partial charge in [-0.25, -0.2) is 9.97 Å². The summed E-state index contributed by atoms with van der Waals surface area (Å²) in [6.45, 7) is 1.73. The molecule has 0 bridgehead atoms. The molecular weight excluding hydrogens is 392 g/mol. The predicted octanol–water partition coefficient (Wildman–Crippen LogP) is 2.58. The number of piperidine rings is 1. The number of anilines is 2. The second-order valence-electron chi connectivity index (χ2n) is 6.78. The van der Waals surface area contributed by atoms with E-state index in [1.54, 1.807) is 18.5 Å². The Labute approximate surface area is 170 Å². The van der Waals surface area contributed by atoms with Gasteiger partial charge in [-0.1, -0.05) is 11.3 Å². The molecule has 0 spiro atoms. The normalized spacial score (nSPS) is 16.1. The maximum Gasteiger partial charge on any atom is 0.231 e. The van der Waals surface area contributed by atoms with Crippen molar-refractivity contribution in [1.82, 2.24) is 20.2 Å². The maximum atomic E-state index is 12.7. The Hall–Kier alpha value is -3.27. The average molecular weight is 410 g/mol. The van der Waals surface area contributed by atoms with Crippen molar-refractivity contribution in [3.05, 3.63) is 36.7 Å². The van der Waals surface area contributed by atoms with Gasteiger partial charge in [0.15, 0.2) is 11.5 Å². The van der Waals surface area contributed by atoms with E-state index in [9.17, 15) is 4.79 Å². The molecule has 9 nitrogen and oxygen atoms in total. The van der Waals surface area contributed by atoms with Crippen LogP contribution < -0.4 is 19.7 Å². The lowest BCUT2D eigenvalue weighted by molar-refractivity contribution is -0.120. The lowest BCUT2D eigenvalue weighted by atomic mass is 9.96. The fraction of sp³-hybridized carbons (Fsp3) is 0.316. The van der Waals surface area contributed by atoms with Crippen molar-refractivity contribution in [1.29, 1.82) is 0 Å². The van der Waals surface area contributed by atoms with Gasteiger partial charge < -0.3 is 19.7 Å². The number of aromatic nitrogens is 4. The molecule has 0 atom stereocenters. The SMILES string of the molecule is O=C(Nc1nnc(-c2ccc3c(c2)OCO3)s1)C1CCN(c2ncccn2)CC1. The summed E-state index contributed by atoms with van der Waals surface area (Å²) >= 11 is 1.34. The molecule has 148 valence electrons. The molecule has 0 radical (unpaired) electrons. The second-order valence-corrected chi connectivity index (χ2v) is 7.76. The smallest absolute Gasteiger partial charge is 0.231 e. The highest BCUT2D eigenvalue weighted by Gasteiger charge is 2.27. The quantitative estimate of drug-likeness (QED) is 0.700. The zero-order valence-electron chi connectivity index (χ0n) is 15.4. The fourth-order valence-corrected chi connectivity index (χ4v) is 4.17. The Morgan fingerprint density at radius 3 is 2.72 bits per heavy atom. The first kappa shape index (κ1) is 17.8. The Bertz CT molecular complexity index is 1020. The van der Waals surface area contributed by atoms with Crippen LogP contribution in [-0.2, 0) is 4.79 Å². The van der Waals surface area contributed by atoms with Crippen LogP contribution in [0.25, 0.3) is 10.6 Å². The number of carbonyl (C=O) groups is 1. The Morgan fingerprint density at radius 1 is 1.10 bits per heavy atom. The molecule has 29 heavy (non-hydrogen) atoms. The van der Waals surface area contributed by atoms with Crippen molar-refractivity contribution in [2.75, 3.05) is 30.1 Å². The van der Waals surface area contributed by atoms with Gasteiger partial charge in [-0.2, -0.15) is 0 Å². The van der Waals surface area contributed by atoms with Crippen molar-refractivity contribution < 1.29 is 14.3 Å². The molecule has 2 aliphatic heterocycles. The van der Waals surface area contributed by atoms with Crippen LogP contribution in [0.15, 0.2) is 36.7 Å². The minimum absolute atomic E-state index is 0.0213.